The van der Waals surface area contributed by atoms with Gasteiger partial charge in [0.05, 0.1) is 13.7 Å². The Labute approximate surface area is 189 Å². The largest absolute Gasteiger partial charge is 0.497 e. The fourth-order valence-corrected chi connectivity index (χ4v) is 2.58. The molecular formula is C21H30IN5O2. The molecule has 3 N–H and O–H groups in total. The lowest BCUT2D eigenvalue weighted by Gasteiger charge is -2.14. The number of benzene rings is 2. The molecule has 0 atom stereocenters. The number of carbonyl (C=O) groups excluding carboxylic acids is 1. The van der Waals surface area contributed by atoms with Crippen LogP contribution in [0.4, 0.5) is 5.69 Å². The number of amides is 1. The van der Waals surface area contributed by atoms with E-state index in [-0.39, 0.29) is 29.9 Å². The molecule has 0 unspecified atom stereocenters. The van der Waals surface area contributed by atoms with Crippen molar-refractivity contribution in [2.24, 2.45) is 4.99 Å². The van der Waals surface area contributed by atoms with Crippen LogP contribution in [-0.4, -0.2) is 51.6 Å². The molecule has 0 saturated carbocycles. The maximum absolute atomic E-state index is 11.9. The molecule has 0 heterocycles. The summed E-state index contributed by atoms with van der Waals surface area (Å²) in [6, 6.07) is 15.7. The molecule has 158 valence electrons. The van der Waals surface area contributed by atoms with Gasteiger partial charge in [-0.15, -0.1) is 24.0 Å². The van der Waals surface area contributed by atoms with Crippen molar-refractivity contribution in [1.82, 2.24) is 15.5 Å². The van der Waals surface area contributed by atoms with E-state index in [0.717, 1.165) is 22.6 Å². The van der Waals surface area contributed by atoms with Crippen molar-refractivity contribution in [2.45, 2.75) is 13.1 Å². The second kappa shape index (κ2) is 13.0. The number of methoxy groups -OCH3 is 1. The van der Waals surface area contributed by atoms with Gasteiger partial charge in [-0.3, -0.25) is 9.79 Å². The molecule has 0 saturated heterocycles. The Balaban J connectivity index is 0.00000420. The molecular weight excluding hydrogens is 481 g/mol. The first-order valence-electron chi connectivity index (χ1n) is 9.11. The normalized spacial score (nSPS) is 10.9. The molecule has 29 heavy (non-hydrogen) atoms. The molecule has 0 aliphatic heterocycles. The van der Waals surface area contributed by atoms with Crippen molar-refractivity contribution in [1.29, 1.82) is 0 Å². The minimum Gasteiger partial charge on any atom is -0.497 e. The average Bonchev–Trinajstić information content (AvgIpc) is 2.68. The monoisotopic (exact) mass is 511 g/mol. The summed E-state index contributed by atoms with van der Waals surface area (Å²) in [7, 11) is 7.12. The van der Waals surface area contributed by atoms with Crippen LogP contribution in [0, 0.1) is 0 Å². The summed E-state index contributed by atoms with van der Waals surface area (Å²) in [6.45, 7) is 1.61. The molecule has 7 nitrogen and oxygen atoms in total. The number of nitrogens with one attached hydrogen (secondary N) is 3. The number of ether oxygens (including phenoxy) is 1. The number of halogens is 1. The summed E-state index contributed by atoms with van der Waals surface area (Å²) in [4.78, 5) is 18.0. The predicted octanol–water partition coefficient (Wildman–Crippen LogP) is 2.68. The highest BCUT2D eigenvalue weighted by Crippen LogP contribution is 2.12. The summed E-state index contributed by atoms with van der Waals surface area (Å²) in [6.07, 6.45) is 0. The quantitative estimate of drug-likeness (QED) is 0.289. The number of anilines is 1. The number of hydrogen-bond donors (Lipinski definition) is 3. The van der Waals surface area contributed by atoms with Gasteiger partial charge in [-0.05, 0) is 49.5 Å². The van der Waals surface area contributed by atoms with Gasteiger partial charge >= 0.3 is 0 Å². The van der Waals surface area contributed by atoms with Gasteiger partial charge in [-0.2, -0.15) is 0 Å². The highest BCUT2D eigenvalue weighted by molar-refractivity contribution is 14.0. The Hall–Kier alpha value is -2.33. The lowest BCUT2D eigenvalue weighted by Crippen LogP contribution is -2.36. The van der Waals surface area contributed by atoms with E-state index in [2.05, 4.69) is 20.9 Å². The van der Waals surface area contributed by atoms with Crippen LogP contribution in [0.5, 0.6) is 5.75 Å². The van der Waals surface area contributed by atoms with Crippen molar-refractivity contribution < 1.29 is 9.53 Å². The maximum atomic E-state index is 11.9. The lowest BCUT2D eigenvalue weighted by molar-refractivity contribution is -0.116. The van der Waals surface area contributed by atoms with Gasteiger partial charge in [-0.1, -0.05) is 24.3 Å². The molecule has 0 radical (unpaired) electrons. The van der Waals surface area contributed by atoms with E-state index in [4.69, 9.17) is 4.74 Å². The average molecular weight is 511 g/mol. The zero-order chi connectivity index (χ0) is 20.4. The first-order chi connectivity index (χ1) is 13.5. The van der Waals surface area contributed by atoms with Crippen molar-refractivity contribution in [3.8, 4) is 5.75 Å². The van der Waals surface area contributed by atoms with E-state index in [1.54, 1.807) is 14.2 Å². The van der Waals surface area contributed by atoms with Crippen molar-refractivity contribution in [3.63, 3.8) is 0 Å². The Morgan fingerprint density at radius 1 is 1.03 bits per heavy atom. The Bertz CT molecular complexity index is 794. The standard InChI is InChI=1S/C21H29N5O2.HI/c1-22-21(23-13-16-8-10-19(28-4)11-9-16)24-14-17-6-5-7-18(12-17)25-20(27)15-26(2)3;/h5-12H,13-15H2,1-4H3,(H,25,27)(H2,22,23,24);1H. The van der Waals surface area contributed by atoms with Gasteiger partial charge in [0.1, 0.15) is 5.75 Å². The van der Waals surface area contributed by atoms with Crippen LogP contribution < -0.4 is 20.7 Å². The molecule has 2 aromatic carbocycles. The number of guanidine groups is 1. The molecule has 2 aromatic rings. The van der Waals surface area contributed by atoms with Crippen LogP contribution in [0.3, 0.4) is 0 Å². The zero-order valence-electron chi connectivity index (χ0n) is 17.4. The van der Waals surface area contributed by atoms with E-state index in [1.165, 1.54) is 0 Å². The highest BCUT2D eigenvalue weighted by Gasteiger charge is 2.05. The Morgan fingerprint density at radius 2 is 1.69 bits per heavy atom. The van der Waals surface area contributed by atoms with Gasteiger partial charge < -0.3 is 25.6 Å². The summed E-state index contributed by atoms with van der Waals surface area (Å²) in [5.74, 6) is 1.51. The van der Waals surface area contributed by atoms with E-state index < -0.39 is 0 Å². The molecule has 8 heteroatoms. The summed E-state index contributed by atoms with van der Waals surface area (Å²) in [5.41, 5.74) is 2.97. The first-order valence-corrected chi connectivity index (χ1v) is 9.11. The molecule has 0 fully saturated rings. The van der Waals surface area contributed by atoms with E-state index in [0.29, 0.717) is 25.6 Å². The lowest BCUT2D eigenvalue weighted by atomic mass is 10.2. The van der Waals surface area contributed by atoms with Gasteiger partial charge in [0, 0.05) is 25.8 Å². The first kappa shape index (κ1) is 24.7. The summed E-state index contributed by atoms with van der Waals surface area (Å²) >= 11 is 0. The third-order valence-electron chi connectivity index (χ3n) is 3.97. The Kier molecular flexibility index (Phi) is 11.1. The third-order valence-corrected chi connectivity index (χ3v) is 3.97. The third kappa shape index (κ3) is 9.14. The second-order valence-electron chi connectivity index (χ2n) is 6.61. The molecule has 0 aromatic heterocycles. The number of aliphatic imine (C=N–C) groups is 1. The van der Waals surface area contributed by atoms with E-state index in [1.807, 2.05) is 67.5 Å². The summed E-state index contributed by atoms with van der Waals surface area (Å²) in [5, 5.41) is 9.48. The second-order valence-corrected chi connectivity index (χ2v) is 6.61. The van der Waals surface area contributed by atoms with Crippen LogP contribution in [0.25, 0.3) is 0 Å². The SMILES string of the molecule is CN=C(NCc1ccc(OC)cc1)NCc1cccc(NC(=O)CN(C)C)c1.I. The van der Waals surface area contributed by atoms with Crippen LogP contribution in [0.2, 0.25) is 0 Å². The molecule has 0 aliphatic rings. The van der Waals surface area contributed by atoms with Crippen molar-refractivity contribution >= 4 is 41.5 Å². The van der Waals surface area contributed by atoms with Gasteiger partial charge in [-0.25, -0.2) is 0 Å². The van der Waals surface area contributed by atoms with E-state index in [9.17, 15) is 4.79 Å². The minimum absolute atomic E-state index is 0. The number of carbonyl (C=O) groups is 1. The number of nitrogens with zero attached hydrogens (tertiary/aromatic N) is 2. The molecule has 0 spiro atoms. The predicted molar refractivity (Wildman–Crippen MR) is 129 cm³/mol. The number of rotatable bonds is 8. The molecule has 0 aliphatic carbocycles. The highest BCUT2D eigenvalue weighted by atomic mass is 127. The minimum atomic E-state index is -0.0351. The topological polar surface area (TPSA) is 78.0 Å². The molecule has 2 rings (SSSR count). The van der Waals surface area contributed by atoms with E-state index >= 15 is 0 Å². The van der Waals surface area contributed by atoms with Gasteiger partial charge in [0.15, 0.2) is 5.96 Å². The smallest absolute Gasteiger partial charge is 0.238 e. The fraction of sp³-hybridized carbons (Fsp3) is 0.333. The van der Waals surface area contributed by atoms with Crippen LogP contribution in [-0.2, 0) is 17.9 Å². The molecule has 0 bridgehead atoms. The fourth-order valence-electron chi connectivity index (χ4n) is 2.58. The molecule has 1 amide bonds. The zero-order valence-corrected chi connectivity index (χ0v) is 19.7. The van der Waals surface area contributed by atoms with Crippen molar-refractivity contribution in [2.75, 3.05) is 40.1 Å². The number of likely N-dealkylation sites (N-methyl/N-ethyl adjacent to an activating group) is 1. The number of hydrogen-bond acceptors (Lipinski definition) is 4. The van der Waals surface area contributed by atoms with Crippen LogP contribution >= 0.6 is 24.0 Å². The maximum Gasteiger partial charge on any atom is 0.238 e. The summed E-state index contributed by atoms with van der Waals surface area (Å²) < 4.78 is 5.17. The van der Waals surface area contributed by atoms with Crippen LogP contribution in [0.15, 0.2) is 53.5 Å². The van der Waals surface area contributed by atoms with Gasteiger partial charge in [0.2, 0.25) is 5.91 Å². The Morgan fingerprint density at radius 3 is 2.28 bits per heavy atom. The van der Waals surface area contributed by atoms with Crippen molar-refractivity contribution in [3.05, 3.63) is 59.7 Å². The van der Waals surface area contributed by atoms with Crippen LogP contribution in [0.1, 0.15) is 11.1 Å². The van der Waals surface area contributed by atoms with Gasteiger partial charge in [0.25, 0.3) is 0 Å².